The molecule has 0 aliphatic carbocycles. The Balaban J connectivity index is 1.66. The van der Waals surface area contributed by atoms with E-state index in [9.17, 15) is 9.59 Å². The molecule has 6 nitrogen and oxygen atoms in total. The molecule has 0 saturated carbocycles. The van der Waals surface area contributed by atoms with E-state index in [1.54, 1.807) is 19.2 Å². The van der Waals surface area contributed by atoms with Crippen LogP contribution in [-0.2, 0) is 4.79 Å². The molecule has 1 fully saturated rings. The fourth-order valence-electron chi connectivity index (χ4n) is 3.16. The number of carbonyl (C=O) groups excluding carboxylic acids is 2. The highest BCUT2D eigenvalue weighted by Crippen LogP contribution is 2.42. The summed E-state index contributed by atoms with van der Waals surface area (Å²) in [5, 5.41) is 2.63. The summed E-state index contributed by atoms with van der Waals surface area (Å²) in [6, 6.07) is 17.7. The number of amides is 3. The molecule has 0 bridgehead atoms. The quantitative estimate of drug-likeness (QED) is 0.528. The van der Waals surface area contributed by atoms with Gasteiger partial charge >= 0.3 is 6.03 Å². The van der Waals surface area contributed by atoms with Crippen molar-refractivity contribution >= 4 is 40.8 Å². The molecule has 0 spiro atoms. The van der Waals surface area contributed by atoms with Crippen molar-refractivity contribution in [3.8, 4) is 28.4 Å². The van der Waals surface area contributed by atoms with E-state index >= 15 is 0 Å². The van der Waals surface area contributed by atoms with Crippen molar-refractivity contribution in [3.63, 3.8) is 0 Å². The molecule has 0 radical (unpaired) electrons. The van der Waals surface area contributed by atoms with Crippen LogP contribution in [0.3, 0.4) is 0 Å². The highest BCUT2D eigenvalue weighted by molar-refractivity contribution is 6.38. The van der Waals surface area contributed by atoms with Crippen molar-refractivity contribution in [1.29, 1.82) is 0 Å². The van der Waals surface area contributed by atoms with Crippen LogP contribution in [0, 0.1) is 0 Å². The normalized spacial score (nSPS) is 13.4. The van der Waals surface area contributed by atoms with Gasteiger partial charge in [0, 0.05) is 11.3 Å². The number of benzene rings is 3. The van der Waals surface area contributed by atoms with Crippen LogP contribution < -0.4 is 19.7 Å². The van der Waals surface area contributed by atoms with Gasteiger partial charge in [0.1, 0.15) is 18.0 Å². The van der Waals surface area contributed by atoms with E-state index in [4.69, 9.17) is 32.7 Å². The average molecular weight is 443 g/mol. The Hall–Kier alpha value is -3.22. The maximum Gasteiger partial charge on any atom is 0.329 e. The van der Waals surface area contributed by atoms with Crippen LogP contribution in [0.1, 0.15) is 0 Å². The maximum atomic E-state index is 11.9. The highest BCUT2D eigenvalue weighted by Gasteiger charge is 2.29. The lowest BCUT2D eigenvalue weighted by Gasteiger charge is -2.17. The summed E-state index contributed by atoms with van der Waals surface area (Å²) in [6.07, 6.45) is 0. The van der Waals surface area contributed by atoms with Crippen molar-refractivity contribution in [2.45, 2.75) is 0 Å². The Kier molecular flexibility index (Phi) is 5.53. The molecule has 8 heteroatoms. The second-order valence-corrected chi connectivity index (χ2v) is 7.32. The van der Waals surface area contributed by atoms with Crippen LogP contribution in [0.25, 0.3) is 11.1 Å². The van der Waals surface area contributed by atoms with Crippen LogP contribution in [0.5, 0.6) is 17.2 Å². The Morgan fingerprint density at radius 3 is 2.27 bits per heavy atom. The topological polar surface area (TPSA) is 67.9 Å². The largest absolute Gasteiger partial charge is 0.496 e. The summed E-state index contributed by atoms with van der Waals surface area (Å²) in [4.78, 5) is 24.6. The molecule has 3 aromatic carbocycles. The molecule has 0 aromatic heterocycles. The summed E-state index contributed by atoms with van der Waals surface area (Å²) < 4.78 is 11.4. The molecule has 1 heterocycles. The molecule has 0 unspecified atom stereocenters. The Bertz CT molecular complexity index is 1110. The molecule has 152 valence electrons. The first kappa shape index (κ1) is 20.1. The SMILES string of the molecule is COc1ccc(Oc2c(Cl)cc(N3CC(=O)NC3=O)cc2Cl)cc1-c1ccccc1. The summed E-state index contributed by atoms with van der Waals surface area (Å²) in [6.45, 7) is -0.0926. The summed E-state index contributed by atoms with van der Waals surface area (Å²) in [5.41, 5.74) is 2.23. The first-order valence-electron chi connectivity index (χ1n) is 8.98. The fraction of sp³-hybridized carbons (Fsp3) is 0.0909. The first-order chi connectivity index (χ1) is 14.5. The van der Waals surface area contributed by atoms with Gasteiger partial charge in [-0.25, -0.2) is 4.79 Å². The molecular weight excluding hydrogens is 427 g/mol. The van der Waals surface area contributed by atoms with E-state index in [1.807, 2.05) is 36.4 Å². The van der Waals surface area contributed by atoms with E-state index < -0.39 is 6.03 Å². The number of nitrogens with one attached hydrogen (secondary N) is 1. The summed E-state index contributed by atoms with van der Waals surface area (Å²) in [7, 11) is 1.61. The van der Waals surface area contributed by atoms with Gasteiger partial charge in [0.2, 0.25) is 5.91 Å². The van der Waals surface area contributed by atoms with Crippen LogP contribution in [0.4, 0.5) is 10.5 Å². The molecule has 1 saturated heterocycles. The van der Waals surface area contributed by atoms with Crippen molar-refractivity contribution < 1.29 is 19.1 Å². The minimum absolute atomic E-state index is 0.0926. The predicted octanol–water partition coefficient (Wildman–Crippen LogP) is 5.52. The van der Waals surface area contributed by atoms with Gasteiger partial charge in [-0.15, -0.1) is 0 Å². The number of nitrogens with zero attached hydrogens (tertiary/aromatic N) is 1. The van der Waals surface area contributed by atoms with Gasteiger partial charge in [-0.1, -0.05) is 53.5 Å². The smallest absolute Gasteiger partial charge is 0.329 e. The number of imide groups is 1. The van der Waals surface area contributed by atoms with Crippen LogP contribution in [0.15, 0.2) is 60.7 Å². The van der Waals surface area contributed by atoms with E-state index in [-0.39, 0.29) is 28.2 Å². The van der Waals surface area contributed by atoms with Gasteiger partial charge in [-0.2, -0.15) is 0 Å². The third-order valence-electron chi connectivity index (χ3n) is 4.56. The molecule has 3 amide bonds. The number of anilines is 1. The number of methoxy groups -OCH3 is 1. The lowest BCUT2D eigenvalue weighted by molar-refractivity contribution is -0.117. The Morgan fingerprint density at radius 2 is 1.67 bits per heavy atom. The molecule has 3 aromatic rings. The molecule has 1 N–H and O–H groups in total. The minimum atomic E-state index is -0.525. The maximum absolute atomic E-state index is 11.9. The molecule has 1 aliphatic heterocycles. The highest BCUT2D eigenvalue weighted by atomic mass is 35.5. The number of rotatable bonds is 5. The van der Waals surface area contributed by atoms with Crippen LogP contribution in [0.2, 0.25) is 10.0 Å². The van der Waals surface area contributed by atoms with E-state index in [2.05, 4.69) is 5.32 Å². The zero-order chi connectivity index (χ0) is 21.3. The monoisotopic (exact) mass is 442 g/mol. The standard InChI is InChI=1S/C22H16Cl2N2O4/c1-29-19-8-7-15(11-16(19)13-5-3-2-4-6-13)30-21-17(23)9-14(10-18(21)24)26-12-20(27)25-22(26)28/h2-11H,12H2,1H3,(H,25,27,28). The Labute approximate surface area is 182 Å². The van der Waals surface area contributed by atoms with Crippen molar-refractivity contribution in [1.82, 2.24) is 5.32 Å². The second kappa shape index (κ2) is 8.26. The zero-order valence-electron chi connectivity index (χ0n) is 15.8. The van der Waals surface area contributed by atoms with Crippen molar-refractivity contribution in [3.05, 3.63) is 70.7 Å². The molecule has 4 rings (SSSR count). The van der Waals surface area contributed by atoms with Crippen LogP contribution >= 0.6 is 23.2 Å². The van der Waals surface area contributed by atoms with E-state index in [0.29, 0.717) is 17.2 Å². The fourth-order valence-corrected chi connectivity index (χ4v) is 3.71. The lowest BCUT2D eigenvalue weighted by Crippen LogP contribution is -2.27. The number of halogens is 2. The third-order valence-corrected chi connectivity index (χ3v) is 5.13. The zero-order valence-corrected chi connectivity index (χ0v) is 17.3. The van der Waals surface area contributed by atoms with E-state index in [1.165, 1.54) is 17.0 Å². The second-order valence-electron chi connectivity index (χ2n) is 6.51. The van der Waals surface area contributed by atoms with Gasteiger partial charge < -0.3 is 9.47 Å². The van der Waals surface area contributed by atoms with Gasteiger partial charge in [0.25, 0.3) is 0 Å². The number of urea groups is 1. The summed E-state index contributed by atoms with van der Waals surface area (Å²) >= 11 is 12.8. The summed E-state index contributed by atoms with van der Waals surface area (Å²) in [5.74, 6) is 1.07. The third kappa shape index (κ3) is 3.92. The van der Waals surface area contributed by atoms with Crippen molar-refractivity contribution in [2.24, 2.45) is 0 Å². The number of ether oxygens (including phenoxy) is 2. The Morgan fingerprint density at radius 1 is 0.967 bits per heavy atom. The lowest BCUT2D eigenvalue weighted by atomic mass is 10.0. The molecular formula is C22H16Cl2N2O4. The number of hydrogen-bond donors (Lipinski definition) is 1. The predicted molar refractivity (Wildman–Crippen MR) is 116 cm³/mol. The van der Waals surface area contributed by atoms with Gasteiger partial charge in [0.15, 0.2) is 5.75 Å². The number of carbonyl (C=O) groups is 2. The van der Waals surface area contributed by atoms with Crippen molar-refractivity contribution in [2.75, 3.05) is 18.6 Å². The van der Waals surface area contributed by atoms with Gasteiger partial charge in [-0.3, -0.25) is 15.0 Å². The molecule has 1 aliphatic rings. The molecule has 30 heavy (non-hydrogen) atoms. The molecule has 0 atom stereocenters. The van der Waals surface area contributed by atoms with Gasteiger partial charge in [-0.05, 0) is 35.9 Å². The van der Waals surface area contributed by atoms with E-state index in [0.717, 1.165) is 11.1 Å². The number of hydrogen-bond acceptors (Lipinski definition) is 4. The average Bonchev–Trinajstić information content (AvgIpc) is 3.09. The van der Waals surface area contributed by atoms with Crippen LogP contribution in [-0.4, -0.2) is 25.6 Å². The van der Waals surface area contributed by atoms with Gasteiger partial charge in [0.05, 0.1) is 17.2 Å². The minimum Gasteiger partial charge on any atom is -0.496 e. The first-order valence-corrected chi connectivity index (χ1v) is 9.73.